The summed E-state index contributed by atoms with van der Waals surface area (Å²) in [5.41, 5.74) is 6.09. The molecule has 0 saturated carbocycles. The summed E-state index contributed by atoms with van der Waals surface area (Å²) in [6.07, 6.45) is 1.87. The van der Waals surface area contributed by atoms with Crippen molar-refractivity contribution in [1.82, 2.24) is 24.5 Å². The van der Waals surface area contributed by atoms with Gasteiger partial charge >= 0.3 is 0 Å². The van der Waals surface area contributed by atoms with Crippen molar-refractivity contribution in [2.45, 2.75) is 0 Å². The van der Waals surface area contributed by atoms with Crippen LogP contribution in [0.15, 0.2) is 164 Å². The highest BCUT2D eigenvalue weighted by molar-refractivity contribution is 7.26. The van der Waals surface area contributed by atoms with Crippen LogP contribution in [0.3, 0.4) is 0 Å². The number of rotatable bonds is 4. The largest absolute Gasteiger partial charge is 0.294 e. The molecule has 0 atom stereocenters. The highest BCUT2D eigenvalue weighted by Gasteiger charge is 2.19. The predicted octanol–water partition coefficient (Wildman–Crippen LogP) is 12.0. The van der Waals surface area contributed by atoms with Crippen molar-refractivity contribution in [3.05, 3.63) is 164 Å². The summed E-state index contributed by atoms with van der Waals surface area (Å²) >= 11 is 1.78. The zero-order valence-corrected chi connectivity index (χ0v) is 28.5. The van der Waals surface area contributed by atoms with Gasteiger partial charge in [-0.15, -0.1) is 11.3 Å². The zero-order chi connectivity index (χ0) is 34.2. The fourth-order valence-corrected chi connectivity index (χ4v) is 8.82. The molecule has 0 saturated heterocycles. The minimum absolute atomic E-state index is 0.651. The van der Waals surface area contributed by atoms with Gasteiger partial charge in [0.25, 0.3) is 0 Å². The number of para-hydroxylation sites is 1. The Labute approximate surface area is 302 Å². The van der Waals surface area contributed by atoms with E-state index in [2.05, 4.69) is 156 Å². The Morgan fingerprint density at radius 2 is 1.08 bits per heavy atom. The van der Waals surface area contributed by atoms with E-state index in [1.165, 1.54) is 31.6 Å². The Hall–Kier alpha value is -6.76. The molecule has 0 aliphatic heterocycles. The van der Waals surface area contributed by atoms with Crippen LogP contribution < -0.4 is 0 Å². The second-order valence-corrected chi connectivity index (χ2v) is 14.2. The van der Waals surface area contributed by atoms with Crippen molar-refractivity contribution in [3.63, 3.8) is 0 Å². The summed E-state index contributed by atoms with van der Waals surface area (Å²) in [5.74, 6) is 1.96. The molecule has 0 aliphatic rings. The van der Waals surface area contributed by atoms with Gasteiger partial charge in [-0.2, -0.15) is 0 Å². The summed E-state index contributed by atoms with van der Waals surface area (Å²) in [4.78, 5) is 20.3. The maximum Gasteiger partial charge on any atom is 0.165 e. The lowest BCUT2D eigenvalue weighted by molar-refractivity contribution is 1.08. The molecule has 0 aliphatic carbocycles. The van der Waals surface area contributed by atoms with Crippen molar-refractivity contribution in [3.8, 4) is 39.9 Å². The van der Waals surface area contributed by atoms with Crippen LogP contribution in [0, 0.1) is 0 Å². The molecule has 6 heteroatoms. The number of pyridine rings is 1. The van der Waals surface area contributed by atoms with Gasteiger partial charge in [0.2, 0.25) is 0 Å². The molecule has 0 spiro atoms. The van der Waals surface area contributed by atoms with E-state index in [4.69, 9.17) is 19.9 Å². The van der Waals surface area contributed by atoms with Crippen LogP contribution in [0.2, 0.25) is 0 Å². The Balaban J connectivity index is 1.12. The number of thiophene rings is 1. The molecular formula is C46H27N5S. The van der Waals surface area contributed by atoms with Crippen molar-refractivity contribution in [2.24, 2.45) is 0 Å². The standard InChI is InChI=1S/C46H27N5S/c1-3-11-30-25-32(20-18-28(30)9-1)43-48-44(33-21-19-29-10-2-4-12-31(29)26-33)50-45(49-43)39-15-7-14-37-36-23-22-34(27-41(36)52-42(37)39)51-40-17-6-5-13-35(40)38-16-8-24-47-46(38)51/h1-27H. The molecule has 5 nitrogen and oxygen atoms in total. The fraction of sp³-hybridized carbons (Fsp3) is 0. The molecule has 11 aromatic rings. The quantitative estimate of drug-likeness (QED) is 0.185. The Morgan fingerprint density at radius 1 is 0.442 bits per heavy atom. The average Bonchev–Trinajstić information content (AvgIpc) is 3.76. The van der Waals surface area contributed by atoms with Crippen LogP contribution >= 0.6 is 11.3 Å². The predicted molar refractivity (Wildman–Crippen MR) is 216 cm³/mol. The maximum atomic E-state index is 5.19. The van der Waals surface area contributed by atoms with Crippen LogP contribution in [0.25, 0.3) is 104 Å². The van der Waals surface area contributed by atoms with Crippen molar-refractivity contribution in [1.29, 1.82) is 0 Å². The van der Waals surface area contributed by atoms with E-state index in [0.717, 1.165) is 54.4 Å². The second kappa shape index (κ2) is 11.4. The summed E-state index contributed by atoms with van der Waals surface area (Å²) in [5, 5.41) is 9.40. The third-order valence-electron chi connectivity index (χ3n) is 10.1. The number of hydrogen-bond donors (Lipinski definition) is 0. The van der Waals surface area contributed by atoms with Gasteiger partial charge in [-0.05, 0) is 70.1 Å². The van der Waals surface area contributed by atoms with Gasteiger partial charge in [-0.3, -0.25) is 4.57 Å². The third-order valence-corrected chi connectivity index (χ3v) is 11.3. The molecule has 4 aromatic heterocycles. The maximum absolute atomic E-state index is 5.19. The molecule has 0 fully saturated rings. The van der Waals surface area contributed by atoms with E-state index in [1.807, 2.05) is 12.3 Å². The molecular weight excluding hydrogens is 655 g/mol. The lowest BCUT2D eigenvalue weighted by Crippen LogP contribution is -2.00. The van der Waals surface area contributed by atoms with Crippen LogP contribution in [0.1, 0.15) is 0 Å². The SMILES string of the molecule is c1ccc2cc(-c3nc(-c4ccc5ccccc5c4)nc(-c4cccc5c4sc4cc(-n6c7ccccc7c7cccnc76)ccc45)n3)ccc2c1. The molecule has 0 unspecified atom stereocenters. The first-order valence-corrected chi connectivity index (χ1v) is 18.1. The highest BCUT2D eigenvalue weighted by Crippen LogP contribution is 2.41. The Morgan fingerprint density at radius 3 is 1.83 bits per heavy atom. The topological polar surface area (TPSA) is 56.5 Å². The molecule has 0 amide bonds. The molecule has 4 heterocycles. The van der Waals surface area contributed by atoms with Crippen molar-refractivity contribution < 1.29 is 0 Å². The molecule has 242 valence electrons. The normalized spacial score (nSPS) is 11.8. The first-order valence-electron chi connectivity index (χ1n) is 17.3. The van der Waals surface area contributed by atoms with Crippen molar-refractivity contribution >= 4 is 75.0 Å². The van der Waals surface area contributed by atoms with Crippen LogP contribution in [0.5, 0.6) is 0 Å². The molecule has 52 heavy (non-hydrogen) atoms. The van der Waals surface area contributed by atoms with E-state index in [1.54, 1.807) is 11.3 Å². The molecule has 0 N–H and O–H groups in total. The Bertz CT molecular complexity index is 3060. The third kappa shape index (κ3) is 4.55. The van der Waals surface area contributed by atoms with E-state index < -0.39 is 0 Å². The summed E-state index contributed by atoms with van der Waals surface area (Å²) in [7, 11) is 0. The van der Waals surface area contributed by atoms with Gasteiger partial charge in [0.15, 0.2) is 17.5 Å². The number of fused-ring (bicyclic) bond motifs is 8. The summed E-state index contributed by atoms with van der Waals surface area (Å²) < 4.78 is 4.61. The molecule has 11 rings (SSSR count). The van der Waals surface area contributed by atoms with E-state index in [9.17, 15) is 0 Å². The lowest BCUT2D eigenvalue weighted by Gasteiger charge is -2.10. The van der Waals surface area contributed by atoms with Gasteiger partial charge in [0, 0.05) is 59.5 Å². The summed E-state index contributed by atoms with van der Waals surface area (Å²) in [6.45, 7) is 0. The Kier molecular flexibility index (Phi) is 6.35. The van der Waals surface area contributed by atoms with Gasteiger partial charge in [0.1, 0.15) is 5.65 Å². The lowest BCUT2D eigenvalue weighted by atomic mass is 10.1. The van der Waals surface area contributed by atoms with E-state index >= 15 is 0 Å². The number of aromatic nitrogens is 5. The molecule has 7 aromatic carbocycles. The number of hydrogen-bond acceptors (Lipinski definition) is 5. The molecule has 0 bridgehead atoms. The number of benzene rings is 7. The second-order valence-electron chi connectivity index (χ2n) is 13.1. The van der Waals surface area contributed by atoms with Crippen LogP contribution in [-0.2, 0) is 0 Å². The minimum Gasteiger partial charge on any atom is -0.294 e. The minimum atomic E-state index is 0.651. The highest BCUT2D eigenvalue weighted by atomic mass is 32.1. The monoisotopic (exact) mass is 681 g/mol. The van der Waals surface area contributed by atoms with Crippen LogP contribution in [-0.4, -0.2) is 24.5 Å². The first kappa shape index (κ1) is 29.0. The fourth-order valence-electron chi connectivity index (χ4n) is 7.57. The van der Waals surface area contributed by atoms with Crippen molar-refractivity contribution in [2.75, 3.05) is 0 Å². The van der Waals surface area contributed by atoms with Gasteiger partial charge in [0.05, 0.1) is 5.52 Å². The van der Waals surface area contributed by atoms with E-state index in [-0.39, 0.29) is 0 Å². The molecule has 0 radical (unpaired) electrons. The van der Waals surface area contributed by atoms with Crippen LogP contribution in [0.4, 0.5) is 0 Å². The summed E-state index contributed by atoms with van der Waals surface area (Å²) in [6, 6.07) is 55.5. The van der Waals surface area contributed by atoms with E-state index in [0.29, 0.717) is 17.5 Å². The smallest absolute Gasteiger partial charge is 0.165 e. The van der Waals surface area contributed by atoms with Gasteiger partial charge < -0.3 is 0 Å². The first-order chi connectivity index (χ1) is 25.7. The van der Waals surface area contributed by atoms with Gasteiger partial charge in [-0.25, -0.2) is 19.9 Å². The van der Waals surface area contributed by atoms with Gasteiger partial charge in [-0.1, -0.05) is 109 Å². The zero-order valence-electron chi connectivity index (χ0n) is 27.7. The number of nitrogens with zero attached hydrogens (tertiary/aromatic N) is 5. The average molecular weight is 682 g/mol.